The number of carboxylic acids is 1. The van der Waals surface area contributed by atoms with Crippen molar-refractivity contribution in [1.29, 1.82) is 0 Å². The van der Waals surface area contributed by atoms with E-state index in [4.69, 9.17) is 4.74 Å². The fraction of sp³-hybridized carbons (Fsp3) is 0.333. The van der Waals surface area contributed by atoms with E-state index in [-0.39, 0.29) is 18.0 Å². The van der Waals surface area contributed by atoms with Crippen molar-refractivity contribution >= 4 is 41.3 Å². The number of phenolic OH excluding ortho intramolecular Hbond substituents is 1. The van der Waals surface area contributed by atoms with E-state index >= 15 is 0 Å². The number of nitro groups is 1. The molecule has 13 nitrogen and oxygen atoms in total. The zero-order chi connectivity index (χ0) is 27.8. The summed E-state index contributed by atoms with van der Waals surface area (Å²) in [6.45, 7) is 3.19. The van der Waals surface area contributed by atoms with Gasteiger partial charge in [0.1, 0.15) is 35.9 Å². The van der Waals surface area contributed by atoms with Crippen molar-refractivity contribution in [3.8, 4) is 5.75 Å². The number of phenols is 1. The van der Waals surface area contributed by atoms with Crippen LogP contribution in [0, 0.1) is 10.1 Å². The predicted octanol–water partition coefficient (Wildman–Crippen LogP) is 1.90. The number of hydrogen-bond acceptors (Lipinski definition) is 9. The van der Waals surface area contributed by atoms with Crippen molar-refractivity contribution in [3.05, 3.63) is 69.8 Å². The number of nitro benzene ring substituents is 1. The Hall–Kier alpha value is -4.33. The normalized spacial score (nSPS) is 22.0. The average molecular weight is 545 g/mol. The number of alkyl carbamates (subject to hydrolysis) is 1. The summed E-state index contributed by atoms with van der Waals surface area (Å²) >= 11 is 1.26. The molecule has 38 heavy (non-hydrogen) atoms. The maximum Gasteiger partial charge on any atom is 0.408 e. The second kappa shape index (κ2) is 10.2. The number of non-ortho nitro benzene ring substituents is 1. The molecular weight excluding hydrogens is 520 g/mol. The Morgan fingerprint density at radius 3 is 2.37 bits per heavy atom. The van der Waals surface area contributed by atoms with Crippen LogP contribution in [0.15, 0.2) is 48.5 Å². The van der Waals surface area contributed by atoms with E-state index in [1.165, 1.54) is 65.2 Å². The molecule has 1 unspecified atom stereocenters. The molecule has 0 aromatic heterocycles. The Balaban J connectivity index is 1.45. The summed E-state index contributed by atoms with van der Waals surface area (Å²) in [4.78, 5) is 61.8. The van der Waals surface area contributed by atoms with Crippen LogP contribution in [-0.2, 0) is 25.7 Å². The number of thioether (sulfide) groups is 1. The number of nitrogens with one attached hydrogen (secondary N) is 2. The Kier molecular flexibility index (Phi) is 7.18. The molecule has 3 amide bonds. The molecule has 0 spiro atoms. The molecule has 0 bridgehead atoms. The van der Waals surface area contributed by atoms with E-state index in [2.05, 4.69) is 10.6 Å². The van der Waals surface area contributed by atoms with Gasteiger partial charge in [-0.15, -0.1) is 11.8 Å². The molecular formula is C24H24N4O9S. The van der Waals surface area contributed by atoms with E-state index < -0.39 is 57.0 Å². The Morgan fingerprint density at radius 1 is 1.16 bits per heavy atom. The van der Waals surface area contributed by atoms with Crippen LogP contribution < -0.4 is 10.6 Å². The highest BCUT2D eigenvalue weighted by Crippen LogP contribution is 2.50. The molecule has 4 atom stereocenters. The van der Waals surface area contributed by atoms with Gasteiger partial charge in [-0.1, -0.05) is 12.1 Å². The van der Waals surface area contributed by atoms with Crippen molar-refractivity contribution in [2.75, 3.05) is 0 Å². The van der Waals surface area contributed by atoms with Crippen LogP contribution >= 0.6 is 11.8 Å². The first-order valence-corrected chi connectivity index (χ1v) is 12.3. The summed E-state index contributed by atoms with van der Waals surface area (Å²) in [7, 11) is 0. The van der Waals surface area contributed by atoms with Crippen LogP contribution in [0.2, 0.25) is 0 Å². The number of carbonyl (C=O) groups is 4. The fourth-order valence-electron chi connectivity index (χ4n) is 4.37. The fourth-order valence-corrected chi connectivity index (χ4v) is 6.00. The van der Waals surface area contributed by atoms with Crippen LogP contribution in [-0.4, -0.2) is 66.1 Å². The summed E-state index contributed by atoms with van der Waals surface area (Å²) in [5, 5.41) is 34.4. The van der Waals surface area contributed by atoms with Gasteiger partial charge in [0.2, 0.25) is 11.8 Å². The Morgan fingerprint density at radius 2 is 1.79 bits per heavy atom. The number of aliphatic carboxylic acids is 1. The number of ether oxygens (including phenoxy) is 1. The van der Waals surface area contributed by atoms with Gasteiger partial charge in [-0.2, -0.15) is 0 Å². The zero-order valence-corrected chi connectivity index (χ0v) is 21.0. The highest BCUT2D eigenvalue weighted by atomic mass is 32.2. The number of hydrogen-bond donors (Lipinski definition) is 4. The van der Waals surface area contributed by atoms with Crippen molar-refractivity contribution in [1.82, 2.24) is 15.5 Å². The summed E-state index contributed by atoms with van der Waals surface area (Å²) in [6, 6.07) is 7.51. The minimum Gasteiger partial charge on any atom is -0.508 e. The summed E-state index contributed by atoms with van der Waals surface area (Å²) in [5.41, 5.74) is 0.647. The van der Waals surface area contributed by atoms with Gasteiger partial charge in [0.15, 0.2) is 0 Å². The number of carboxylic acid groups (broad SMARTS) is 1. The van der Waals surface area contributed by atoms with Gasteiger partial charge in [-0.05, 0) is 49.2 Å². The predicted molar refractivity (Wildman–Crippen MR) is 133 cm³/mol. The third-order valence-electron chi connectivity index (χ3n) is 6.24. The van der Waals surface area contributed by atoms with E-state index in [1.54, 1.807) is 13.8 Å². The van der Waals surface area contributed by atoms with Gasteiger partial charge in [0, 0.05) is 16.9 Å². The highest BCUT2D eigenvalue weighted by Gasteiger charge is 2.64. The van der Waals surface area contributed by atoms with Crippen LogP contribution in [0.25, 0.3) is 0 Å². The molecule has 2 aliphatic rings. The topological polar surface area (TPSA) is 188 Å². The quantitative estimate of drug-likeness (QED) is 0.217. The van der Waals surface area contributed by atoms with Crippen LogP contribution in [0.5, 0.6) is 5.75 Å². The van der Waals surface area contributed by atoms with E-state index in [0.717, 1.165) is 0 Å². The van der Waals surface area contributed by atoms with Gasteiger partial charge >= 0.3 is 12.1 Å². The van der Waals surface area contributed by atoms with Crippen molar-refractivity contribution in [2.24, 2.45) is 0 Å². The number of carbonyl (C=O) groups excluding carboxylic acids is 3. The summed E-state index contributed by atoms with van der Waals surface area (Å²) < 4.78 is 4.39. The number of aromatic hydroxyl groups is 1. The van der Waals surface area contributed by atoms with Crippen LogP contribution in [0.1, 0.15) is 31.0 Å². The number of benzene rings is 2. The summed E-state index contributed by atoms with van der Waals surface area (Å²) in [6.07, 6.45) is -0.972. The second-order valence-electron chi connectivity index (χ2n) is 9.25. The van der Waals surface area contributed by atoms with Crippen molar-refractivity contribution < 1.29 is 39.1 Å². The van der Waals surface area contributed by atoms with E-state index in [0.29, 0.717) is 11.1 Å². The molecule has 0 aliphatic carbocycles. The lowest BCUT2D eigenvalue weighted by atomic mass is 9.95. The molecule has 2 fully saturated rings. The SMILES string of the molecule is CC1(C)S[C@@H]2[C@H](NC(=O)C(NC(=O)OCc3ccc([N+](=O)[O-])cc3)c3ccc(O)cc3)C(=O)N2[C@H]1C(=O)O. The van der Waals surface area contributed by atoms with Gasteiger partial charge in [-0.3, -0.25) is 19.7 Å². The molecule has 0 saturated carbocycles. The molecule has 14 heteroatoms. The molecule has 2 aromatic carbocycles. The molecule has 2 aromatic rings. The summed E-state index contributed by atoms with van der Waals surface area (Å²) in [5.74, 6) is -2.48. The minimum absolute atomic E-state index is 0.0669. The highest BCUT2D eigenvalue weighted by molar-refractivity contribution is 8.01. The Labute approximate surface area is 220 Å². The number of rotatable bonds is 8. The minimum atomic E-state index is -1.31. The van der Waals surface area contributed by atoms with Crippen LogP contribution in [0.4, 0.5) is 10.5 Å². The number of β-lactam (4-membered cyclic amide) rings is 1. The maximum atomic E-state index is 13.2. The zero-order valence-electron chi connectivity index (χ0n) is 20.2. The number of fused-ring (bicyclic) bond motifs is 1. The van der Waals surface area contributed by atoms with Crippen molar-refractivity contribution in [2.45, 2.75) is 48.7 Å². The molecule has 200 valence electrons. The molecule has 2 aliphatic heterocycles. The molecule has 0 radical (unpaired) electrons. The Bertz CT molecular complexity index is 1280. The van der Waals surface area contributed by atoms with Gasteiger partial charge in [-0.25, -0.2) is 9.59 Å². The first-order valence-electron chi connectivity index (χ1n) is 11.4. The first kappa shape index (κ1) is 26.7. The third-order valence-corrected chi connectivity index (χ3v) is 7.81. The second-order valence-corrected chi connectivity index (χ2v) is 11.0. The largest absolute Gasteiger partial charge is 0.508 e. The molecule has 4 N–H and O–H groups in total. The van der Waals surface area contributed by atoms with Gasteiger partial charge in [0.05, 0.1) is 4.92 Å². The smallest absolute Gasteiger partial charge is 0.408 e. The average Bonchev–Trinajstić information content (AvgIpc) is 3.13. The third kappa shape index (κ3) is 5.20. The lowest BCUT2D eigenvalue weighted by Gasteiger charge is -2.44. The van der Waals surface area contributed by atoms with E-state index in [1.807, 2.05) is 0 Å². The number of nitrogens with zero attached hydrogens (tertiary/aromatic N) is 2. The van der Waals surface area contributed by atoms with E-state index in [9.17, 15) is 39.5 Å². The lowest BCUT2D eigenvalue weighted by Crippen LogP contribution is -2.71. The maximum absolute atomic E-state index is 13.2. The van der Waals surface area contributed by atoms with Gasteiger partial charge in [0.25, 0.3) is 5.69 Å². The molecule has 2 heterocycles. The number of amides is 3. The molecule has 2 saturated heterocycles. The van der Waals surface area contributed by atoms with Crippen molar-refractivity contribution in [3.63, 3.8) is 0 Å². The lowest BCUT2D eigenvalue weighted by molar-refractivity contribution is -0.384. The first-order chi connectivity index (χ1) is 17.9. The molecule has 4 rings (SSSR count). The monoisotopic (exact) mass is 544 g/mol. The van der Waals surface area contributed by atoms with Crippen LogP contribution in [0.3, 0.4) is 0 Å². The standard InChI is InChI=1S/C24H24N4O9S/c1-24(2)18(22(32)33)27-20(31)17(21(27)38-24)25-19(30)16(13-5-9-15(29)10-6-13)26-23(34)37-11-12-3-7-14(8-4-12)28(35)36/h3-10,16-18,21,29H,11H2,1-2H3,(H,25,30)(H,26,34)(H,32,33)/t16?,17-,18+,21-/m1/s1. The van der Waals surface area contributed by atoms with Gasteiger partial charge < -0.3 is 30.5 Å².